The number of hydrogen-bond acceptors (Lipinski definition) is 3. The first kappa shape index (κ1) is 14.9. The second-order valence-electron chi connectivity index (χ2n) is 3.61. The van der Waals surface area contributed by atoms with Gasteiger partial charge in [-0.1, -0.05) is 11.6 Å². The number of sulfonamides is 1. The molecule has 1 N–H and O–H groups in total. The summed E-state index contributed by atoms with van der Waals surface area (Å²) in [6.07, 6.45) is 0. The van der Waals surface area contributed by atoms with Crippen LogP contribution in [0.3, 0.4) is 0 Å². The lowest BCUT2D eigenvalue weighted by Gasteiger charge is -2.14. The maximum Gasteiger partial charge on any atom is 0.255 e. The Morgan fingerprint density at radius 3 is 2.56 bits per heavy atom. The highest BCUT2D eigenvalue weighted by Gasteiger charge is 2.21. The number of halogens is 2. The van der Waals surface area contributed by atoms with Crippen molar-refractivity contribution in [3.05, 3.63) is 23.2 Å². The SMILES string of the molecule is CN(C)S(=O)(=O)c1cc(NC(=O)CF)ccc1Cl. The van der Waals surface area contributed by atoms with Crippen molar-refractivity contribution in [3.8, 4) is 0 Å². The quantitative estimate of drug-likeness (QED) is 0.915. The van der Waals surface area contributed by atoms with Crippen molar-refractivity contribution in [2.45, 2.75) is 4.90 Å². The van der Waals surface area contributed by atoms with E-state index >= 15 is 0 Å². The number of hydrogen-bond donors (Lipinski definition) is 1. The Kier molecular flexibility index (Phi) is 4.66. The zero-order chi connectivity index (χ0) is 13.9. The summed E-state index contributed by atoms with van der Waals surface area (Å²) in [5.74, 6) is -0.856. The molecule has 0 atom stereocenters. The van der Waals surface area contributed by atoms with Crippen LogP contribution in [-0.2, 0) is 14.8 Å². The van der Waals surface area contributed by atoms with Crippen molar-refractivity contribution in [2.75, 3.05) is 26.1 Å². The molecule has 8 heteroatoms. The Hall–Kier alpha value is -1.18. The van der Waals surface area contributed by atoms with Gasteiger partial charge in [0.1, 0.15) is 4.90 Å². The molecule has 0 aliphatic rings. The molecule has 100 valence electrons. The highest BCUT2D eigenvalue weighted by Crippen LogP contribution is 2.26. The minimum absolute atomic E-state index is 0.0296. The summed E-state index contributed by atoms with van der Waals surface area (Å²) in [6, 6.07) is 3.90. The maximum atomic E-state index is 12.0. The number of nitrogens with zero attached hydrogens (tertiary/aromatic N) is 1. The molecule has 0 aromatic heterocycles. The number of anilines is 1. The second kappa shape index (κ2) is 5.64. The standard InChI is InChI=1S/C10H12ClFN2O3S/c1-14(2)18(16,17)9-5-7(3-4-8(9)11)13-10(15)6-12/h3-5H,6H2,1-2H3,(H,13,15). The molecule has 1 aromatic carbocycles. The Morgan fingerprint density at radius 2 is 2.06 bits per heavy atom. The van der Waals surface area contributed by atoms with E-state index < -0.39 is 22.6 Å². The zero-order valence-corrected chi connectivity index (χ0v) is 11.3. The highest BCUT2D eigenvalue weighted by atomic mass is 35.5. The van der Waals surface area contributed by atoms with Gasteiger partial charge in [-0.3, -0.25) is 4.79 Å². The van der Waals surface area contributed by atoms with Crippen molar-refractivity contribution >= 4 is 33.2 Å². The van der Waals surface area contributed by atoms with Crippen LogP contribution >= 0.6 is 11.6 Å². The van der Waals surface area contributed by atoms with E-state index in [4.69, 9.17) is 11.6 Å². The van der Waals surface area contributed by atoms with Crippen LogP contribution in [0.2, 0.25) is 5.02 Å². The van der Waals surface area contributed by atoms with Gasteiger partial charge in [-0.15, -0.1) is 0 Å². The summed E-state index contributed by atoms with van der Waals surface area (Å²) in [5.41, 5.74) is 0.169. The van der Waals surface area contributed by atoms with E-state index in [1.807, 2.05) is 0 Å². The molecule has 1 amide bonds. The summed E-state index contributed by atoms with van der Waals surface area (Å²) < 4.78 is 36.9. The van der Waals surface area contributed by atoms with Crippen LogP contribution in [0.1, 0.15) is 0 Å². The summed E-state index contributed by atoms with van der Waals surface area (Å²) in [6.45, 7) is -1.18. The number of alkyl halides is 1. The molecule has 0 fully saturated rings. The average Bonchev–Trinajstić information content (AvgIpc) is 2.31. The molecule has 0 aliphatic heterocycles. The normalized spacial score (nSPS) is 11.6. The lowest BCUT2D eigenvalue weighted by molar-refractivity contribution is -0.117. The maximum absolute atomic E-state index is 12.0. The van der Waals surface area contributed by atoms with E-state index in [0.29, 0.717) is 0 Å². The van der Waals surface area contributed by atoms with E-state index in [1.54, 1.807) is 0 Å². The Bertz CT molecular complexity index is 560. The molecule has 0 aliphatic carbocycles. The van der Waals surface area contributed by atoms with Gasteiger partial charge < -0.3 is 5.32 Å². The van der Waals surface area contributed by atoms with Crippen LogP contribution in [0.4, 0.5) is 10.1 Å². The number of amides is 1. The molecular formula is C10H12ClFN2O3S. The van der Waals surface area contributed by atoms with Gasteiger partial charge >= 0.3 is 0 Å². The topological polar surface area (TPSA) is 66.5 Å². The van der Waals surface area contributed by atoms with Crippen LogP contribution in [0, 0.1) is 0 Å². The summed E-state index contributed by atoms with van der Waals surface area (Å²) in [7, 11) is -0.997. The number of rotatable bonds is 4. The summed E-state index contributed by atoms with van der Waals surface area (Å²) in [4.78, 5) is 10.7. The van der Waals surface area contributed by atoms with Gasteiger partial charge in [-0.05, 0) is 18.2 Å². The van der Waals surface area contributed by atoms with Crippen LogP contribution in [0.15, 0.2) is 23.1 Å². The summed E-state index contributed by atoms with van der Waals surface area (Å²) >= 11 is 5.80. The predicted molar refractivity (Wildman–Crippen MR) is 66.9 cm³/mol. The molecule has 1 aromatic rings. The number of carbonyl (C=O) groups excluding carboxylic acids is 1. The first-order valence-electron chi connectivity index (χ1n) is 4.87. The lowest BCUT2D eigenvalue weighted by atomic mass is 10.3. The van der Waals surface area contributed by atoms with Gasteiger partial charge in [0.05, 0.1) is 5.02 Å². The Balaban J connectivity index is 3.22. The van der Waals surface area contributed by atoms with Gasteiger partial charge in [0.15, 0.2) is 6.67 Å². The van der Waals surface area contributed by atoms with E-state index in [1.165, 1.54) is 32.3 Å². The third-order valence-corrected chi connectivity index (χ3v) is 4.39. The molecule has 0 unspecified atom stereocenters. The van der Waals surface area contributed by atoms with Crippen LogP contribution in [-0.4, -0.2) is 39.4 Å². The molecule has 18 heavy (non-hydrogen) atoms. The first-order valence-corrected chi connectivity index (χ1v) is 6.68. The predicted octanol–water partition coefficient (Wildman–Crippen LogP) is 1.50. The van der Waals surface area contributed by atoms with Crippen molar-refractivity contribution in [2.24, 2.45) is 0 Å². The lowest BCUT2D eigenvalue weighted by Crippen LogP contribution is -2.23. The molecule has 0 spiro atoms. The Morgan fingerprint density at radius 1 is 1.44 bits per heavy atom. The monoisotopic (exact) mass is 294 g/mol. The van der Waals surface area contributed by atoms with Crippen LogP contribution in [0.5, 0.6) is 0 Å². The smallest absolute Gasteiger partial charge is 0.255 e. The fraction of sp³-hybridized carbons (Fsp3) is 0.300. The second-order valence-corrected chi connectivity index (χ2v) is 6.14. The molecular weight excluding hydrogens is 283 g/mol. The first-order chi connectivity index (χ1) is 8.28. The van der Waals surface area contributed by atoms with Gasteiger partial charge in [-0.2, -0.15) is 0 Å². The van der Waals surface area contributed by atoms with Crippen LogP contribution < -0.4 is 5.32 Å². The van der Waals surface area contributed by atoms with Crippen LogP contribution in [0.25, 0.3) is 0 Å². The molecule has 0 saturated carbocycles. The zero-order valence-electron chi connectivity index (χ0n) is 9.78. The molecule has 0 heterocycles. The number of benzene rings is 1. The molecule has 5 nitrogen and oxygen atoms in total. The molecule has 0 bridgehead atoms. The van der Waals surface area contributed by atoms with Crippen molar-refractivity contribution in [1.82, 2.24) is 4.31 Å². The molecule has 1 rings (SSSR count). The fourth-order valence-corrected chi connectivity index (χ4v) is 2.56. The number of nitrogens with one attached hydrogen (secondary N) is 1. The van der Waals surface area contributed by atoms with E-state index in [0.717, 1.165) is 4.31 Å². The van der Waals surface area contributed by atoms with E-state index in [9.17, 15) is 17.6 Å². The summed E-state index contributed by atoms with van der Waals surface area (Å²) in [5, 5.41) is 2.24. The average molecular weight is 295 g/mol. The Labute approximate surface area is 110 Å². The van der Waals surface area contributed by atoms with E-state index in [-0.39, 0.29) is 15.6 Å². The van der Waals surface area contributed by atoms with Gasteiger partial charge in [-0.25, -0.2) is 17.1 Å². The minimum atomic E-state index is -3.72. The van der Waals surface area contributed by atoms with Crippen molar-refractivity contribution in [3.63, 3.8) is 0 Å². The molecule has 0 saturated heterocycles. The third-order valence-electron chi connectivity index (χ3n) is 2.09. The fourth-order valence-electron chi connectivity index (χ4n) is 1.17. The third kappa shape index (κ3) is 3.18. The van der Waals surface area contributed by atoms with Gasteiger partial charge in [0.25, 0.3) is 5.91 Å². The highest BCUT2D eigenvalue weighted by molar-refractivity contribution is 7.89. The van der Waals surface area contributed by atoms with Crippen molar-refractivity contribution in [1.29, 1.82) is 0 Å². The minimum Gasteiger partial charge on any atom is -0.324 e. The van der Waals surface area contributed by atoms with Gasteiger partial charge in [0, 0.05) is 19.8 Å². The number of carbonyl (C=O) groups is 1. The van der Waals surface area contributed by atoms with E-state index in [2.05, 4.69) is 5.32 Å². The van der Waals surface area contributed by atoms with Crippen molar-refractivity contribution < 1.29 is 17.6 Å². The largest absolute Gasteiger partial charge is 0.324 e. The van der Waals surface area contributed by atoms with Gasteiger partial charge in [0.2, 0.25) is 10.0 Å². The molecule has 0 radical (unpaired) electrons.